The molecule has 2 aromatic heterocycles. The molecule has 4 aromatic rings. The zero-order valence-electron chi connectivity index (χ0n) is 35.5. The Labute approximate surface area is 363 Å². The third kappa shape index (κ3) is 11.2. The number of rotatable bonds is 18. The molecule has 4 heterocycles. The number of amides is 3. The first-order chi connectivity index (χ1) is 29.8. The number of benzene rings is 2. The second-order valence-electron chi connectivity index (χ2n) is 16.1. The maximum absolute atomic E-state index is 14.0. The molecule has 19 nitrogen and oxygen atoms in total. The zero-order chi connectivity index (χ0) is 45.6. The number of esters is 1. The third-order valence-corrected chi connectivity index (χ3v) is 11.9. The highest BCUT2D eigenvalue weighted by molar-refractivity contribution is 7.88. The molecule has 1 atom stereocenters. The van der Waals surface area contributed by atoms with Crippen LogP contribution in [0, 0.1) is 0 Å². The van der Waals surface area contributed by atoms with E-state index in [1.807, 2.05) is 24.3 Å². The second kappa shape index (κ2) is 19.4. The highest BCUT2D eigenvalue weighted by atomic mass is 32.2. The van der Waals surface area contributed by atoms with Crippen LogP contribution in [0.5, 0.6) is 0 Å². The van der Waals surface area contributed by atoms with Gasteiger partial charge in [0.05, 0.1) is 41.8 Å². The Bertz CT molecular complexity index is 2590. The summed E-state index contributed by atoms with van der Waals surface area (Å²) in [5, 5.41) is 17.6. The maximum Gasteiger partial charge on any atom is 0.509 e. The number of cyclic esters (lactones) is 1. The van der Waals surface area contributed by atoms with E-state index in [0.29, 0.717) is 41.0 Å². The topological polar surface area (TPSA) is 251 Å². The van der Waals surface area contributed by atoms with Crippen LogP contribution in [0.1, 0.15) is 68.0 Å². The fraction of sp³-hybridized carbons (Fsp3) is 0.419. The number of fused-ring (bicyclic) bond motifs is 5. The van der Waals surface area contributed by atoms with Crippen LogP contribution < -0.4 is 21.5 Å². The summed E-state index contributed by atoms with van der Waals surface area (Å²) in [4.78, 5) is 81.4. The average molecular weight is 891 g/mol. The SMILES string of the molecule is CC(C)N(CCc1c2c(nc3ccccc13)-c1cc3c(c(=O)n1C2)COC(=O)[C@H]3OC(=O)OCc1ccc(NC(=O)CNC(=O)COCC(=O)NC(C)(C)CCO)cc1)S(C)(=O)=O. The minimum Gasteiger partial charge on any atom is -0.458 e. The lowest BCUT2D eigenvalue weighted by molar-refractivity contribution is -0.159. The van der Waals surface area contributed by atoms with Crippen LogP contribution in [0.25, 0.3) is 22.3 Å². The summed E-state index contributed by atoms with van der Waals surface area (Å²) < 4.78 is 49.3. The Morgan fingerprint density at radius 2 is 1.73 bits per heavy atom. The fourth-order valence-corrected chi connectivity index (χ4v) is 8.65. The number of hydrogen-bond donors (Lipinski definition) is 4. The number of para-hydroxylation sites is 1. The predicted molar refractivity (Wildman–Crippen MR) is 228 cm³/mol. The maximum atomic E-state index is 14.0. The van der Waals surface area contributed by atoms with Crippen molar-refractivity contribution in [3.05, 3.63) is 92.8 Å². The van der Waals surface area contributed by atoms with Crippen LogP contribution in [-0.4, -0.2) is 108 Å². The first kappa shape index (κ1) is 46.3. The Kier molecular flexibility index (Phi) is 14.3. The van der Waals surface area contributed by atoms with E-state index in [4.69, 9.17) is 29.0 Å². The van der Waals surface area contributed by atoms with E-state index in [1.54, 1.807) is 58.0 Å². The van der Waals surface area contributed by atoms with Crippen molar-refractivity contribution in [1.29, 1.82) is 0 Å². The van der Waals surface area contributed by atoms with Crippen molar-refractivity contribution in [1.82, 2.24) is 24.5 Å². The van der Waals surface area contributed by atoms with Crippen LogP contribution in [0.3, 0.4) is 0 Å². The highest BCUT2D eigenvalue weighted by Gasteiger charge is 2.38. The summed E-state index contributed by atoms with van der Waals surface area (Å²) in [6, 6.07) is 15.0. The quantitative estimate of drug-likeness (QED) is 0.0923. The van der Waals surface area contributed by atoms with Crippen molar-refractivity contribution in [2.75, 3.05) is 44.5 Å². The van der Waals surface area contributed by atoms with Gasteiger partial charge in [-0.25, -0.2) is 23.0 Å². The summed E-state index contributed by atoms with van der Waals surface area (Å²) in [5.41, 5.74) is 3.17. The Morgan fingerprint density at radius 1 is 1.02 bits per heavy atom. The lowest BCUT2D eigenvalue weighted by Crippen LogP contribution is -2.46. The van der Waals surface area contributed by atoms with E-state index in [2.05, 4.69) is 16.0 Å². The number of carbonyl (C=O) groups is 5. The molecule has 3 amide bonds. The van der Waals surface area contributed by atoms with Crippen LogP contribution in [0.15, 0.2) is 59.4 Å². The van der Waals surface area contributed by atoms with Gasteiger partial charge in [-0.3, -0.25) is 19.2 Å². The van der Waals surface area contributed by atoms with Crippen molar-refractivity contribution >= 4 is 56.5 Å². The Balaban J connectivity index is 1.06. The fourth-order valence-electron chi connectivity index (χ4n) is 7.46. The first-order valence-corrected chi connectivity index (χ1v) is 22.0. The van der Waals surface area contributed by atoms with E-state index >= 15 is 0 Å². The summed E-state index contributed by atoms with van der Waals surface area (Å²) >= 11 is 0. The summed E-state index contributed by atoms with van der Waals surface area (Å²) in [6.07, 6.45) is -0.954. The monoisotopic (exact) mass is 890 g/mol. The normalized spacial score (nSPS) is 14.4. The van der Waals surface area contributed by atoms with Gasteiger partial charge in [-0.05, 0) is 75.9 Å². The molecular weight excluding hydrogens is 841 g/mol. The molecule has 0 fully saturated rings. The number of sulfonamides is 1. The molecule has 0 saturated heterocycles. The standard InChI is InChI=1S/C43H50N6O13S/c1-25(2)49(63(5,57)58)16-14-28-29-8-6-7-9-33(29)46-38-31(28)20-48-34(38)18-30-32(40(48)54)22-60-41(55)39(30)62-42(56)61-21-26-10-12-27(13-11-26)45-35(51)19-44-36(52)23-59-24-37(53)47-43(3,4)15-17-50/h6-13,18,25,39,50H,14-17,19-24H2,1-5H3,(H,44,52)(H,45,51)(H,47,53)/t39-/m0/s1. The number of aromatic nitrogens is 2. The van der Waals surface area contributed by atoms with Gasteiger partial charge in [-0.2, -0.15) is 4.31 Å². The van der Waals surface area contributed by atoms with E-state index < -0.39 is 63.7 Å². The third-order valence-electron chi connectivity index (χ3n) is 10.5. The summed E-state index contributed by atoms with van der Waals surface area (Å²) in [6.45, 7) is 5.52. The molecular formula is C43H50N6O13S. The number of pyridine rings is 2. The number of aliphatic hydroxyl groups excluding tert-OH is 1. The second-order valence-corrected chi connectivity index (χ2v) is 18.0. The molecule has 2 aromatic carbocycles. The van der Waals surface area contributed by atoms with E-state index in [0.717, 1.165) is 16.5 Å². The molecule has 0 unspecified atom stereocenters. The van der Waals surface area contributed by atoms with E-state index in [9.17, 15) is 37.2 Å². The molecule has 4 N–H and O–H groups in total. The molecule has 6 rings (SSSR count). The van der Waals surface area contributed by atoms with Crippen molar-refractivity contribution in [3.8, 4) is 11.4 Å². The number of aliphatic hydroxyl groups is 1. The van der Waals surface area contributed by atoms with Crippen molar-refractivity contribution < 1.29 is 56.4 Å². The Morgan fingerprint density at radius 3 is 2.43 bits per heavy atom. The van der Waals surface area contributed by atoms with E-state index in [1.165, 1.54) is 15.1 Å². The lowest BCUT2D eigenvalue weighted by atomic mass is 9.97. The molecule has 336 valence electrons. The van der Waals surface area contributed by atoms with Crippen molar-refractivity contribution in [2.24, 2.45) is 0 Å². The molecule has 0 aliphatic carbocycles. The number of hydrogen-bond acceptors (Lipinski definition) is 14. The summed E-state index contributed by atoms with van der Waals surface area (Å²) in [5.74, 6) is -2.51. The van der Waals surface area contributed by atoms with Crippen LogP contribution in [-0.2, 0) is 74.3 Å². The highest BCUT2D eigenvalue weighted by Crippen LogP contribution is 2.39. The van der Waals surface area contributed by atoms with Gasteiger partial charge >= 0.3 is 12.1 Å². The van der Waals surface area contributed by atoms with Crippen LogP contribution in [0.2, 0.25) is 0 Å². The van der Waals surface area contributed by atoms with Gasteiger partial charge in [0.1, 0.15) is 26.4 Å². The predicted octanol–water partition coefficient (Wildman–Crippen LogP) is 2.44. The molecule has 20 heteroatoms. The number of anilines is 1. The minimum atomic E-state index is -3.51. The van der Waals surface area contributed by atoms with Gasteiger partial charge in [0.25, 0.3) is 5.56 Å². The molecule has 2 aliphatic heterocycles. The lowest BCUT2D eigenvalue weighted by Gasteiger charge is -2.25. The van der Waals surface area contributed by atoms with Gasteiger partial charge in [-0.15, -0.1) is 0 Å². The van der Waals surface area contributed by atoms with Gasteiger partial charge in [-0.1, -0.05) is 30.3 Å². The van der Waals surface area contributed by atoms with Gasteiger partial charge < -0.3 is 44.6 Å². The molecule has 0 saturated carbocycles. The number of carbonyl (C=O) groups excluding carboxylic acids is 5. The van der Waals surface area contributed by atoms with Gasteiger partial charge in [0, 0.05) is 46.9 Å². The summed E-state index contributed by atoms with van der Waals surface area (Å²) in [7, 11) is -3.51. The number of ether oxygens (including phenoxy) is 4. The van der Waals surface area contributed by atoms with Crippen molar-refractivity contribution in [2.45, 2.75) is 78.0 Å². The average Bonchev–Trinajstić information content (AvgIpc) is 3.58. The number of nitrogens with one attached hydrogen (secondary N) is 3. The Hall–Kier alpha value is -6.22. The van der Waals surface area contributed by atoms with E-state index in [-0.39, 0.29) is 63.2 Å². The first-order valence-electron chi connectivity index (χ1n) is 20.1. The number of nitrogens with zero attached hydrogens (tertiary/aromatic N) is 3. The van der Waals surface area contributed by atoms with Crippen molar-refractivity contribution in [3.63, 3.8) is 0 Å². The van der Waals surface area contributed by atoms with Gasteiger partial charge in [0.2, 0.25) is 33.8 Å². The smallest absolute Gasteiger partial charge is 0.458 e. The molecule has 0 bridgehead atoms. The van der Waals surface area contributed by atoms with Crippen LogP contribution >= 0.6 is 0 Å². The zero-order valence-corrected chi connectivity index (χ0v) is 36.3. The molecule has 63 heavy (non-hydrogen) atoms. The largest absolute Gasteiger partial charge is 0.509 e. The minimum absolute atomic E-state index is 0.102. The molecule has 0 radical (unpaired) electrons. The molecule has 2 aliphatic rings. The molecule has 0 spiro atoms. The van der Waals surface area contributed by atoms with Crippen LogP contribution in [0.4, 0.5) is 10.5 Å². The van der Waals surface area contributed by atoms with Gasteiger partial charge in [0.15, 0.2) is 0 Å².